The molecule has 4 rings (SSSR count). The highest BCUT2D eigenvalue weighted by molar-refractivity contribution is 7.91. The Labute approximate surface area is 170 Å². The number of rotatable bonds is 2. The van der Waals surface area contributed by atoms with Crippen LogP contribution in [0, 0.1) is 0 Å². The summed E-state index contributed by atoms with van der Waals surface area (Å²) in [4.78, 5) is 31.5. The van der Waals surface area contributed by atoms with Crippen molar-refractivity contribution in [2.24, 2.45) is 0 Å². The fourth-order valence-electron chi connectivity index (χ4n) is 3.85. The van der Waals surface area contributed by atoms with E-state index >= 15 is 0 Å². The molecule has 0 N–H and O–H groups in total. The molecule has 8 heteroatoms. The molecule has 7 nitrogen and oxygen atoms in total. The number of fused-ring (bicyclic) bond motifs is 2. The van der Waals surface area contributed by atoms with Crippen molar-refractivity contribution in [1.29, 1.82) is 0 Å². The summed E-state index contributed by atoms with van der Waals surface area (Å²) in [6.45, 7) is 4.90. The number of anilines is 1. The van der Waals surface area contributed by atoms with E-state index < -0.39 is 9.84 Å². The lowest BCUT2D eigenvalue weighted by atomic mass is 10.1. The molecule has 0 aliphatic carbocycles. The fourth-order valence-corrected chi connectivity index (χ4v) is 5.48. The monoisotopic (exact) mass is 413 g/mol. The van der Waals surface area contributed by atoms with Crippen molar-refractivity contribution in [3.63, 3.8) is 0 Å². The van der Waals surface area contributed by atoms with Crippen molar-refractivity contribution in [2.45, 2.75) is 16.7 Å². The summed E-state index contributed by atoms with van der Waals surface area (Å²) in [5.74, 6) is -0.529. The highest BCUT2D eigenvalue weighted by Crippen LogP contribution is 2.37. The molecule has 2 aliphatic rings. The maximum absolute atomic E-state index is 13.3. The lowest BCUT2D eigenvalue weighted by Crippen LogP contribution is -2.47. The topological polar surface area (TPSA) is 78.0 Å². The van der Waals surface area contributed by atoms with Crippen LogP contribution in [0.15, 0.2) is 52.3 Å². The second-order valence-electron chi connectivity index (χ2n) is 7.33. The normalized spacial score (nSPS) is 18.8. The summed E-state index contributed by atoms with van der Waals surface area (Å²) in [7, 11) is -1.87. The molecule has 0 aromatic heterocycles. The van der Waals surface area contributed by atoms with Gasteiger partial charge in [0.1, 0.15) is 0 Å². The van der Waals surface area contributed by atoms with E-state index in [1.54, 1.807) is 36.1 Å². The van der Waals surface area contributed by atoms with Gasteiger partial charge in [0.2, 0.25) is 9.84 Å². The van der Waals surface area contributed by atoms with E-state index in [2.05, 4.69) is 4.90 Å². The largest absolute Gasteiger partial charge is 0.336 e. The number of sulfone groups is 1. The van der Waals surface area contributed by atoms with Crippen LogP contribution in [-0.2, 0) is 9.84 Å². The lowest BCUT2D eigenvalue weighted by Gasteiger charge is -2.32. The first-order chi connectivity index (χ1) is 13.8. The molecule has 29 heavy (non-hydrogen) atoms. The lowest BCUT2D eigenvalue weighted by molar-refractivity contribution is 0.0663. The molecule has 0 atom stereocenters. The predicted molar refractivity (Wildman–Crippen MR) is 109 cm³/mol. The van der Waals surface area contributed by atoms with Crippen molar-refractivity contribution in [3.8, 4) is 0 Å². The van der Waals surface area contributed by atoms with E-state index in [0.29, 0.717) is 25.2 Å². The van der Waals surface area contributed by atoms with Crippen LogP contribution in [0.2, 0.25) is 0 Å². The Hall–Kier alpha value is -2.71. The number of carbonyl (C=O) groups is 2. The van der Waals surface area contributed by atoms with Crippen LogP contribution in [0.5, 0.6) is 0 Å². The number of benzene rings is 2. The summed E-state index contributed by atoms with van der Waals surface area (Å²) >= 11 is 0. The van der Waals surface area contributed by atoms with Gasteiger partial charge in [-0.3, -0.25) is 9.59 Å². The predicted octanol–water partition coefficient (Wildman–Crippen LogP) is 1.89. The highest BCUT2D eigenvalue weighted by atomic mass is 32.2. The minimum Gasteiger partial charge on any atom is -0.336 e. The number of likely N-dealkylation sites (N-methyl/N-ethyl adjacent to an activating group) is 1. The van der Waals surface area contributed by atoms with Gasteiger partial charge in [-0.25, -0.2) is 8.42 Å². The first kappa shape index (κ1) is 19.6. The van der Waals surface area contributed by atoms with Crippen LogP contribution in [0.1, 0.15) is 27.6 Å². The Bertz CT molecular complexity index is 1090. The average molecular weight is 413 g/mol. The molecule has 0 radical (unpaired) electrons. The summed E-state index contributed by atoms with van der Waals surface area (Å²) in [5.41, 5.74) is 0.798. The van der Waals surface area contributed by atoms with Crippen LogP contribution in [-0.4, -0.2) is 69.8 Å². The maximum Gasteiger partial charge on any atom is 0.259 e. The SMILES string of the molecule is CCN1C(=O)c2ccccc2S(=O)(=O)c2ccc(C(=O)N3CCN(C)CC3)cc21. The first-order valence-electron chi connectivity index (χ1n) is 9.62. The van der Waals surface area contributed by atoms with Crippen LogP contribution >= 0.6 is 0 Å². The standard InChI is InChI=1S/C21H23N3O4S/c1-3-24-17-14-15(20(25)23-12-10-22(2)11-13-23)8-9-19(17)29(27,28)18-7-5-4-6-16(18)21(24)26/h4-9,14H,3,10-13H2,1-2H3. The van der Waals surface area contributed by atoms with E-state index in [-0.39, 0.29) is 32.9 Å². The minimum absolute atomic E-state index is 0.000319. The third-order valence-corrected chi connectivity index (χ3v) is 7.40. The van der Waals surface area contributed by atoms with Gasteiger partial charge in [0.25, 0.3) is 11.8 Å². The number of nitrogens with zero attached hydrogens (tertiary/aromatic N) is 3. The molecular weight excluding hydrogens is 390 g/mol. The van der Waals surface area contributed by atoms with Crippen molar-refractivity contribution in [1.82, 2.24) is 9.80 Å². The highest BCUT2D eigenvalue weighted by Gasteiger charge is 2.35. The van der Waals surface area contributed by atoms with Crippen molar-refractivity contribution < 1.29 is 18.0 Å². The Kier molecular flexibility index (Phi) is 4.92. The quantitative estimate of drug-likeness (QED) is 0.751. The zero-order valence-corrected chi connectivity index (χ0v) is 17.3. The van der Waals surface area contributed by atoms with Crippen molar-refractivity contribution in [3.05, 3.63) is 53.6 Å². The van der Waals surface area contributed by atoms with Crippen molar-refractivity contribution in [2.75, 3.05) is 44.7 Å². The molecule has 1 fully saturated rings. The molecule has 2 aliphatic heterocycles. The molecule has 0 spiro atoms. The molecule has 2 heterocycles. The molecule has 2 amide bonds. The summed E-state index contributed by atoms with van der Waals surface area (Å²) in [6, 6.07) is 10.8. The van der Waals surface area contributed by atoms with Crippen LogP contribution in [0.3, 0.4) is 0 Å². The molecule has 0 saturated carbocycles. The second kappa shape index (κ2) is 7.27. The Morgan fingerprint density at radius 3 is 2.38 bits per heavy atom. The number of piperazine rings is 1. The number of hydrogen-bond donors (Lipinski definition) is 0. The third-order valence-electron chi connectivity index (χ3n) is 5.55. The molecule has 0 unspecified atom stereocenters. The zero-order valence-electron chi connectivity index (χ0n) is 16.5. The van der Waals surface area contributed by atoms with Gasteiger partial charge in [0.05, 0.1) is 21.0 Å². The summed E-state index contributed by atoms with van der Waals surface area (Å²) in [6.07, 6.45) is 0. The van der Waals surface area contributed by atoms with Crippen molar-refractivity contribution >= 4 is 27.3 Å². The molecule has 1 saturated heterocycles. The van der Waals surface area contributed by atoms with Gasteiger partial charge in [0, 0.05) is 38.3 Å². The zero-order chi connectivity index (χ0) is 20.8. The van der Waals surface area contributed by atoms with E-state index in [1.165, 1.54) is 23.1 Å². The summed E-state index contributed by atoms with van der Waals surface area (Å²) in [5, 5.41) is 0. The van der Waals surface area contributed by atoms with E-state index in [1.807, 2.05) is 7.05 Å². The molecular formula is C21H23N3O4S. The van der Waals surface area contributed by atoms with Gasteiger partial charge in [-0.1, -0.05) is 12.1 Å². The van der Waals surface area contributed by atoms with E-state index in [0.717, 1.165) is 13.1 Å². The minimum atomic E-state index is -3.88. The molecule has 0 bridgehead atoms. The van der Waals surface area contributed by atoms with Gasteiger partial charge in [-0.15, -0.1) is 0 Å². The Morgan fingerprint density at radius 2 is 1.69 bits per heavy atom. The second-order valence-corrected chi connectivity index (χ2v) is 9.21. The van der Waals surface area contributed by atoms with Gasteiger partial charge >= 0.3 is 0 Å². The van der Waals surface area contributed by atoms with E-state index in [4.69, 9.17) is 0 Å². The third kappa shape index (κ3) is 3.22. The molecule has 2 aromatic carbocycles. The van der Waals surface area contributed by atoms with Gasteiger partial charge < -0.3 is 14.7 Å². The maximum atomic E-state index is 13.3. The first-order valence-corrected chi connectivity index (χ1v) is 11.1. The molecule has 152 valence electrons. The number of carbonyl (C=O) groups excluding carboxylic acids is 2. The smallest absolute Gasteiger partial charge is 0.259 e. The van der Waals surface area contributed by atoms with E-state index in [9.17, 15) is 18.0 Å². The Morgan fingerprint density at radius 1 is 1.00 bits per heavy atom. The van der Waals surface area contributed by atoms with Crippen LogP contribution in [0.4, 0.5) is 5.69 Å². The number of hydrogen-bond acceptors (Lipinski definition) is 5. The number of amides is 2. The summed E-state index contributed by atoms with van der Waals surface area (Å²) < 4.78 is 26.5. The van der Waals surface area contributed by atoms with Crippen LogP contribution in [0.25, 0.3) is 0 Å². The Balaban J connectivity index is 1.82. The average Bonchev–Trinajstić information content (AvgIpc) is 2.80. The van der Waals surface area contributed by atoms with Crippen LogP contribution < -0.4 is 4.90 Å². The van der Waals surface area contributed by atoms with Gasteiger partial charge in [-0.05, 0) is 44.3 Å². The molecule has 2 aromatic rings. The van der Waals surface area contributed by atoms with Gasteiger partial charge in [0.15, 0.2) is 0 Å². The van der Waals surface area contributed by atoms with Gasteiger partial charge in [-0.2, -0.15) is 0 Å². The fraction of sp³-hybridized carbons (Fsp3) is 0.333.